The molecule has 0 saturated heterocycles. The van der Waals surface area contributed by atoms with E-state index in [1.54, 1.807) is 20.1 Å². The zero-order valence-electron chi connectivity index (χ0n) is 18.9. The number of nitrogens with one attached hydrogen (secondary N) is 1. The molecule has 1 N–H and O–H groups in total. The van der Waals surface area contributed by atoms with Crippen molar-refractivity contribution in [1.29, 1.82) is 0 Å². The maximum absolute atomic E-state index is 12.3. The normalized spacial score (nSPS) is 11.1. The SMILES string of the molecule is Cc1cc([N+](=O)[O-])cc(C)c1OCC(=O)N/N=C/c1cn(Cc2ccccc2)c2ccccc12. The highest BCUT2D eigenvalue weighted by Crippen LogP contribution is 2.28. The molecule has 0 aliphatic rings. The quantitative estimate of drug-likeness (QED) is 0.235. The molecule has 34 heavy (non-hydrogen) atoms. The number of para-hydroxylation sites is 1. The fourth-order valence-corrected chi connectivity index (χ4v) is 3.89. The number of ether oxygens (including phenoxy) is 1. The summed E-state index contributed by atoms with van der Waals surface area (Å²) >= 11 is 0. The van der Waals surface area contributed by atoms with E-state index in [4.69, 9.17) is 4.74 Å². The van der Waals surface area contributed by atoms with E-state index in [9.17, 15) is 14.9 Å². The third kappa shape index (κ3) is 5.12. The Morgan fingerprint density at radius 2 is 1.76 bits per heavy atom. The number of fused-ring (bicyclic) bond motifs is 1. The molecule has 0 aliphatic carbocycles. The van der Waals surface area contributed by atoms with E-state index in [1.807, 2.05) is 42.6 Å². The lowest BCUT2D eigenvalue weighted by atomic mass is 10.1. The predicted molar refractivity (Wildman–Crippen MR) is 131 cm³/mol. The van der Waals surface area contributed by atoms with Gasteiger partial charge in [0.25, 0.3) is 11.6 Å². The summed E-state index contributed by atoms with van der Waals surface area (Å²) in [5.74, 6) is 0.0233. The molecule has 0 bridgehead atoms. The minimum absolute atomic E-state index is 0.0113. The van der Waals surface area contributed by atoms with Crippen LogP contribution in [0.4, 0.5) is 5.69 Å². The lowest BCUT2D eigenvalue weighted by molar-refractivity contribution is -0.385. The molecule has 3 aromatic carbocycles. The van der Waals surface area contributed by atoms with Crippen LogP contribution in [0.1, 0.15) is 22.3 Å². The van der Waals surface area contributed by atoms with Crippen LogP contribution >= 0.6 is 0 Å². The van der Waals surface area contributed by atoms with Crippen molar-refractivity contribution >= 4 is 28.7 Å². The number of hydrogen-bond acceptors (Lipinski definition) is 5. The molecule has 1 heterocycles. The summed E-state index contributed by atoms with van der Waals surface area (Å²) in [5.41, 5.74) is 6.80. The van der Waals surface area contributed by atoms with Gasteiger partial charge in [-0.05, 0) is 36.6 Å². The molecule has 1 aromatic heterocycles. The van der Waals surface area contributed by atoms with Gasteiger partial charge >= 0.3 is 0 Å². The molecule has 0 aliphatic heterocycles. The van der Waals surface area contributed by atoms with Crippen LogP contribution in [-0.2, 0) is 11.3 Å². The second kappa shape index (κ2) is 9.99. The Kier molecular flexibility index (Phi) is 6.68. The van der Waals surface area contributed by atoms with E-state index in [0.29, 0.717) is 16.9 Å². The van der Waals surface area contributed by atoms with Gasteiger partial charge in [-0.1, -0.05) is 48.5 Å². The molecule has 4 aromatic rings. The van der Waals surface area contributed by atoms with E-state index < -0.39 is 10.8 Å². The van der Waals surface area contributed by atoms with Crippen molar-refractivity contribution in [3.8, 4) is 5.75 Å². The Hall–Kier alpha value is -4.46. The minimum Gasteiger partial charge on any atom is -0.483 e. The van der Waals surface area contributed by atoms with Gasteiger partial charge in [-0.3, -0.25) is 14.9 Å². The molecule has 1 amide bonds. The van der Waals surface area contributed by atoms with Gasteiger partial charge in [-0.25, -0.2) is 5.43 Å². The van der Waals surface area contributed by atoms with Crippen LogP contribution in [-0.4, -0.2) is 28.2 Å². The standard InChI is InChI=1S/C26H24N4O4/c1-18-12-22(30(32)33)13-19(2)26(18)34-17-25(31)28-27-14-21-16-29(15-20-8-4-3-5-9-20)24-11-7-6-10-23(21)24/h3-14,16H,15,17H2,1-2H3,(H,28,31)/b27-14+. The first-order chi connectivity index (χ1) is 16.4. The van der Waals surface area contributed by atoms with Crippen molar-refractivity contribution in [2.45, 2.75) is 20.4 Å². The maximum atomic E-state index is 12.3. The van der Waals surface area contributed by atoms with E-state index in [2.05, 4.69) is 33.3 Å². The van der Waals surface area contributed by atoms with E-state index in [-0.39, 0.29) is 12.3 Å². The number of aryl methyl sites for hydroxylation is 2. The van der Waals surface area contributed by atoms with Gasteiger partial charge in [0.2, 0.25) is 0 Å². The first kappa shape index (κ1) is 22.7. The molecule has 4 rings (SSSR count). The topological polar surface area (TPSA) is 98.8 Å². The molecule has 0 atom stereocenters. The summed E-state index contributed by atoms with van der Waals surface area (Å²) in [6.45, 7) is 3.88. The van der Waals surface area contributed by atoms with Crippen molar-refractivity contribution in [3.05, 3.63) is 105 Å². The monoisotopic (exact) mass is 456 g/mol. The summed E-state index contributed by atoms with van der Waals surface area (Å²) in [6.07, 6.45) is 3.62. The zero-order valence-corrected chi connectivity index (χ0v) is 18.9. The number of nitro groups is 1. The van der Waals surface area contributed by atoms with Crippen molar-refractivity contribution in [3.63, 3.8) is 0 Å². The zero-order chi connectivity index (χ0) is 24.1. The molecule has 8 heteroatoms. The number of benzene rings is 3. The fourth-order valence-electron chi connectivity index (χ4n) is 3.89. The van der Waals surface area contributed by atoms with Crippen LogP contribution in [0, 0.1) is 24.0 Å². The predicted octanol–water partition coefficient (Wildman–Crippen LogP) is 4.74. The molecule has 0 saturated carbocycles. The van der Waals surface area contributed by atoms with Gasteiger partial charge < -0.3 is 9.30 Å². The molecular formula is C26H24N4O4. The van der Waals surface area contributed by atoms with Gasteiger partial charge in [0, 0.05) is 41.3 Å². The van der Waals surface area contributed by atoms with Crippen LogP contribution in [0.5, 0.6) is 5.75 Å². The van der Waals surface area contributed by atoms with Crippen LogP contribution in [0.3, 0.4) is 0 Å². The summed E-state index contributed by atoms with van der Waals surface area (Å²) in [7, 11) is 0. The van der Waals surface area contributed by atoms with Crippen molar-refractivity contribution < 1.29 is 14.5 Å². The second-order valence-electron chi connectivity index (χ2n) is 7.96. The highest BCUT2D eigenvalue weighted by atomic mass is 16.6. The molecule has 172 valence electrons. The first-order valence-electron chi connectivity index (χ1n) is 10.7. The van der Waals surface area contributed by atoms with E-state index >= 15 is 0 Å². The Labute approximate surface area is 196 Å². The average molecular weight is 457 g/mol. The number of amides is 1. The number of carbonyl (C=O) groups excluding carboxylic acids is 1. The maximum Gasteiger partial charge on any atom is 0.277 e. The second-order valence-corrected chi connectivity index (χ2v) is 7.96. The minimum atomic E-state index is -0.456. The lowest BCUT2D eigenvalue weighted by Gasteiger charge is -2.11. The van der Waals surface area contributed by atoms with E-state index in [1.165, 1.54) is 17.7 Å². The van der Waals surface area contributed by atoms with Crippen LogP contribution < -0.4 is 10.2 Å². The number of carbonyl (C=O) groups is 1. The third-order valence-electron chi connectivity index (χ3n) is 5.41. The van der Waals surface area contributed by atoms with Gasteiger partial charge in [0.1, 0.15) is 5.75 Å². The van der Waals surface area contributed by atoms with Crippen molar-refractivity contribution in [2.75, 3.05) is 6.61 Å². The number of rotatable bonds is 8. The van der Waals surface area contributed by atoms with Gasteiger partial charge in [0.15, 0.2) is 6.61 Å². The van der Waals surface area contributed by atoms with Crippen LogP contribution in [0.2, 0.25) is 0 Å². The van der Waals surface area contributed by atoms with Gasteiger partial charge in [0.05, 0.1) is 11.1 Å². The fraction of sp³-hybridized carbons (Fsp3) is 0.154. The highest BCUT2D eigenvalue weighted by molar-refractivity contribution is 5.99. The number of nitrogens with zero attached hydrogens (tertiary/aromatic N) is 3. The lowest BCUT2D eigenvalue weighted by Crippen LogP contribution is -2.25. The number of hydrogen-bond donors (Lipinski definition) is 1. The van der Waals surface area contributed by atoms with E-state index in [0.717, 1.165) is 23.0 Å². The molecule has 0 fully saturated rings. The molecule has 0 unspecified atom stereocenters. The number of nitro benzene ring substituents is 1. The summed E-state index contributed by atoms with van der Waals surface area (Å²) in [6, 6.07) is 21.1. The Morgan fingerprint density at radius 1 is 1.09 bits per heavy atom. The number of aromatic nitrogens is 1. The Balaban J connectivity index is 1.42. The summed E-state index contributed by atoms with van der Waals surface area (Å²) in [4.78, 5) is 22.8. The average Bonchev–Trinajstić information content (AvgIpc) is 3.16. The number of hydrazone groups is 1. The van der Waals surface area contributed by atoms with Crippen molar-refractivity contribution in [1.82, 2.24) is 9.99 Å². The molecule has 8 nitrogen and oxygen atoms in total. The highest BCUT2D eigenvalue weighted by Gasteiger charge is 2.14. The smallest absolute Gasteiger partial charge is 0.277 e. The van der Waals surface area contributed by atoms with Crippen LogP contribution in [0.15, 0.2) is 78.0 Å². The Bertz CT molecular complexity index is 1350. The Morgan fingerprint density at radius 3 is 2.47 bits per heavy atom. The third-order valence-corrected chi connectivity index (χ3v) is 5.41. The van der Waals surface area contributed by atoms with Gasteiger partial charge in [-0.2, -0.15) is 5.10 Å². The molecule has 0 radical (unpaired) electrons. The van der Waals surface area contributed by atoms with Gasteiger partial charge in [-0.15, -0.1) is 0 Å². The first-order valence-corrected chi connectivity index (χ1v) is 10.7. The van der Waals surface area contributed by atoms with Crippen molar-refractivity contribution in [2.24, 2.45) is 5.10 Å². The molecular weight excluding hydrogens is 432 g/mol. The molecule has 0 spiro atoms. The van der Waals surface area contributed by atoms with Crippen LogP contribution in [0.25, 0.3) is 10.9 Å². The summed E-state index contributed by atoms with van der Waals surface area (Å²) in [5, 5.41) is 16.1. The largest absolute Gasteiger partial charge is 0.483 e. The number of non-ortho nitro benzene ring substituents is 1. The summed E-state index contributed by atoms with van der Waals surface area (Å²) < 4.78 is 7.74.